The van der Waals surface area contributed by atoms with Crippen molar-refractivity contribution < 1.29 is 9.18 Å². The lowest BCUT2D eigenvalue weighted by Gasteiger charge is -2.33. The molecule has 0 spiro atoms. The van der Waals surface area contributed by atoms with Gasteiger partial charge < -0.3 is 4.90 Å². The Labute approximate surface area is 145 Å². The predicted octanol–water partition coefficient (Wildman–Crippen LogP) is 2.95. The van der Waals surface area contributed by atoms with E-state index in [4.69, 9.17) is 0 Å². The number of aromatic nitrogens is 1. The highest BCUT2D eigenvalue weighted by Gasteiger charge is 2.20. The number of carbonyl (C=O) groups excluding carboxylic acids is 1. The minimum Gasteiger partial charge on any atom is -0.337 e. The molecular weight excluding hydrogens is 325 g/mol. The molecule has 1 aromatic heterocycles. The third-order valence-corrected chi connectivity index (χ3v) is 4.87. The lowest BCUT2D eigenvalue weighted by Crippen LogP contribution is -2.47. The van der Waals surface area contributed by atoms with Crippen LogP contribution in [0.4, 0.5) is 4.39 Å². The first-order valence-electron chi connectivity index (χ1n) is 7.97. The number of benzene rings is 1. The highest BCUT2D eigenvalue weighted by molar-refractivity contribution is 7.09. The topological polar surface area (TPSA) is 36.4 Å². The molecule has 4 nitrogen and oxygen atoms in total. The van der Waals surface area contributed by atoms with Gasteiger partial charge >= 0.3 is 0 Å². The van der Waals surface area contributed by atoms with Crippen LogP contribution >= 0.6 is 11.3 Å². The molecule has 1 saturated heterocycles. The molecule has 24 heavy (non-hydrogen) atoms. The standard InChI is InChI=1S/C18H20FN3OS/c1-14-20-16(13-24-14)12-21-8-10-22(11-9-21)18(23)7-6-15-4-2-3-5-17(15)19/h2-7,13H,8-12H2,1H3/b7-6+. The molecule has 1 amide bonds. The number of carbonyl (C=O) groups is 1. The fourth-order valence-electron chi connectivity index (χ4n) is 2.71. The number of rotatable bonds is 4. The molecule has 0 saturated carbocycles. The Kier molecular flexibility index (Phi) is 5.37. The van der Waals surface area contributed by atoms with E-state index in [9.17, 15) is 9.18 Å². The van der Waals surface area contributed by atoms with Crippen LogP contribution in [0.2, 0.25) is 0 Å². The zero-order valence-corrected chi connectivity index (χ0v) is 14.4. The van der Waals surface area contributed by atoms with Gasteiger partial charge in [-0.25, -0.2) is 9.37 Å². The van der Waals surface area contributed by atoms with Crippen molar-refractivity contribution in [3.05, 3.63) is 57.8 Å². The van der Waals surface area contributed by atoms with Crippen molar-refractivity contribution in [2.75, 3.05) is 26.2 Å². The number of halogens is 1. The Morgan fingerprint density at radius 1 is 1.29 bits per heavy atom. The van der Waals surface area contributed by atoms with Gasteiger partial charge in [-0.3, -0.25) is 9.69 Å². The molecule has 1 aliphatic rings. The second-order valence-electron chi connectivity index (χ2n) is 5.81. The van der Waals surface area contributed by atoms with E-state index in [2.05, 4.69) is 15.3 Å². The molecular formula is C18H20FN3OS. The average molecular weight is 345 g/mol. The van der Waals surface area contributed by atoms with Crippen LogP contribution in [0.5, 0.6) is 0 Å². The zero-order valence-electron chi connectivity index (χ0n) is 13.6. The predicted molar refractivity (Wildman–Crippen MR) is 94.1 cm³/mol. The first kappa shape index (κ1) is 16.8. The van der Waals surface area contributed by atoms with E-state index in [0.29, 0.717) is 18.7 Å². The smallest absolute Gasteiger partial charge is 0.246 e. The fourth-order valence-corrected chi connectivity index (χ4v) is 3.32. The van der Waals surface area contributed by atoms with Crippen molar-refractivity contribution in [3.8, 4) is 0 Å². The minimum atomic E-state index is -0.315. The summed E-state index contributed by atoms with van der Waals surface area (Å²) in [6, 6.07) is 6.44. The molecule has 0 N–H and O–H groups in total. The second kappa shape index (κ2) is 7.68. The van der Waals surface area contributed by atoms with E-state index in [-0.39, 0.29) is 11.7 Å². The number of piperazine rings is 1. The summed E-state index contributed by atoms with van der Waals surface area (Å²) in [5.41, 5.74) is 1.53. The van der Waals surface area contributed by atoms with Crippen LogP contribution in [0.1, 0.15) is 16.3 Å². The molecule has 0 atom stereocenters. The summed E-state index contributed by atoms with van der Waals surface area (Å²) < 4.78 is 13.6. The van der Waals surface area contributed by atoms with E-state index in [1.807, 2.05) is 6.92 Å². The average Bonchev–Trinajstić information content (AvgIpc) is 2.99. The maximum absolute atomic E-state index is 13.6. The van der Waals surface area contributed by atoms with Crippen LogP contribution in [0.15, 0.2) is 35.7 Å². The maximum atomic E-state index is 13.6. The Hall–Kier alpha value is -2.05. The monoisotopic (exact) mass is 345 g/mol. The summed E-state index contributed by atoms with van der Waals surface area (Å²) in [6.45, 7) is 5.86. The molecule has 2 aromatic rings. The van der Waals surface area contributed by atoms with Gasteiger partial charge in [0.1, 0.15) is 5.82 Å². The molecule has 0 radical (unpaired) electrons. The minimum absolute atomic E-state index is 0.0672. The Balaban J connectivity index is 1.51. The first-order chi connectivity index (χ1) is 11.6. The summed E-state index contributed by atoms with van der Waals surface area (Å²) in [6.07, 6.45) is 3.00. The summed E-state index contributed by atoms with van der Waals surface area (Å²) in [5, 5.41) is 3.17. The van der Waals surface area contributed by atoms with Crippen LogP contribution in [0, 0.1) is 12.7 Å². The van der Waals surface area contributed by atoms with E-state index in [1.165, 1.54) is 12.1 Å². The molecule has 0 bridgehead atoms. The van der Waals surface area contributed by atoms with Gasteiger partial charge in [0.25, 0.3) is 0 Å². The molecule has 6 heteroatoms. The van der Waals surface area contributed by atoms with E-state index in [1.54, 1.807) is 40.5 Å². The summed E-state index contributed by atoms with van der Waals surface area (Å²) in [5.74, 6) is -0.382. The van der Waals surface area contributed by atoms with Gasteiger partial charge in [0.05, 0.1) is 10.7 Å². The second-order valence-corrected chi connectivity index (χ2v) is 6.88. The molecule has 126 valence electrons. The third kappa shape index (κ3) is 4.27. The van der Waals surface area contributed by atoms with Crippen molar-refractivity contribution in [1.82, 2.24) is 14.8 Å². The zero-order chi connectivity index (χ0) is 16.9. The van der Waals surface area contributed by atoms with Crippen molar-refractivity contribution in [1.29, 1.82) is 0 Å². The van der Waals surface area contributed by atoms with Crippen molar-refractivity contribution in [2.45, 2.75) is 13.5 Å². The third-order valence-electron chi connectivity index (χ3n) is 4.05. The van der Waals surface area contributed by atoms with Crippen molar-refractivity contribution in [3.63, 3.8) is 0 Å². The van der Waals surface area contributed by atoms with Crippen molar-refractivity contribution in [2.24, 2.45) is 0 Å². The van der Waals surface area contributed by atoms with Gasteiger partial charge in [-0.2, -0.15) is 0 Å². The van der Waals surface area contributed by atoms with Gasteiger partial charge in [0.2, 0.25) is 5.91 Å². The Morgan fingerprint density at radius 2 is 2.04 bits per heavy atom. The molecule has 1 fully saturated rings. The van der Waals surface area contributed by atoms with Crippen LogP contribution in [0.25, 0.3) is 6.08 Å². The highest BCUT2D eigenvalue weighted by Crippen LogP contribution is 2.13. The fraction of sp³-hybridized carbons (Fsp3) is 0.333. The highest BCUT2D eigenvalue weighted by atomic mass is 32.1. The van der Waals surface area contributed by atoms with E-state index in [0.717, 1.165) is 30.3 Å². The molecule has 1 aromatic carbocycles. The molecule has 1 aliphatic heterocycles. The number of nitrogens with zero attached hydrogens (tertiary/aromatic N) is 3. The lowest BCUT2D eigenvalue weighted by atomic mass is 10.2. The summed E-state index contributed by atoms with van der Waals surface area (Å²) in [7, 11) is 0. The Bertz CT molecular complexity index is 735. The van der Waals surface area contributed by atoms with Crippen LogP contribution < -0.4 is 0 Å². The van der Waals surface area contributed by atoms with Crippen LogP contribution in [0.3, 0.4) is 0 Å². The molecule has 2 heterocycles. The van der Waals surface area contributed by atoms with Crippen molar-refractivity contribution >= 4 is 23.3 Å². The van der Waals surface area contributed by atoms with Crippen LogP contribution in [-0.4, -0.2) is 46.9 Å². The normalized spacial score (nSPS) is 16.0. The van der Waals surface area contributed by atoms with Gasteiger partial charge in [0.15, 0.2) is 0 Å². The number of hydrogen-bond acceptors (Lipinski definition) is 4. The largest absolute Gasteiger partial charge is 0.337 e. The van der Waals surface area contributed by atoms with Crippen LogP contribution in [-0.2, 0) is 11.3 Å². The number of amides is 1. The van der Waals surface area contributed by atoms with Gasteiger partial charge in [0, 0.05) is 49.7 Å². The number of aryl methyl sites for hydroxylation is 1. The SMILES string of the molecule is Cc1nc(CN2CCN(C(=O)/C=C/c3ccccc3F)CC2)cs1. The molecule has 3 rings (SSSR count). The lowest BCUT2D eigenvalue weighted by molar-refractivity contribution is -0.127. The van der Waals surface area contributed by atoms with Gasteiger partial charge in [-0.1, -0.05) is 18.2 Å². The first-order valence-corrected chi connectivity index (χ1v) is 8.84. The van der Waals surface area contributed by atoms with E-state index < -0.39 is 0 Å². The quantitative estimate of drug-likeness (QED) is 0.800. The van der Waals surface area contributed by atoms with E-state index >= 15 is 0 Å². The molecule has 0 aliphatic carbocycles. The number of hydrogen-bond donors (Lipinski definition) is 0. The summed E-state index contributed by atoms with van der Waals surface area (Å²) in [4.78, 5) is 20.8. The molecule has 0 unspecified atom stereocenters. The maximum Gasteiger partial charge on any atom is 0.246 e. The number of thiazole rings is 1. The summed E-state index contributed by atoms with van der Waals surface area (Å²) >= 11 is 1.66. The van der Waals surface area contributed by atoms with Gasteiger partial charge in [-0.15, -0.1) is 11.3 Å². The Morgan fingerprint density at radius 3 is 2.71 bits per heavy atom. The van der Waals surface area contributed by atoms with Gasteiger partial charge in [-0.05, 0) is 19.1 Å².